The second kappa shape index (κ2) is 5.40. The van der Waals surface area contributed by atoms with E-state index in [9.17, 15) is 5.11 Å². The first-order valence-corrected chi connectivity index (χ1v) is 5.85. The van der Waals surface area contributed by atoms with Crippen LogP contribution in [0.5, 0.6) is 0 Å². The number of aliphatic hydroxyl groups is 1. The highest BCUT2D eigenvalue weighted by Gasteiger charge is 2.10. The lowest BCUT2D eigenvalue weighted by Gasteiger charge is -2.08. The minimum Gasteiger partial charge on any atom is -0.388 e. The Morgan fingerprint density at radius 1 is 1.46 bits per heavy atom. The van der Waals surface area contributed by atoms with Gasteiger partial charge in [0.05, 0.1) is 6.10 Å². The fraction of sp³-hybridized carbons (Fsp3) is 0.636. The van der Waals surface area contributed by atoms with Gasteiger partial charge in [-0.1, -0.05) is 26.2 Å². The van der Waals surface area contributed by atoms with Gasteiger partial charge >= 0.3 is 0 Å². The predicted molar refractivity (Wildman–Crippen MR) is 58.2 cm³/mol. The van der Waals surface area contributed by atoms with Gasteiger partial charge in [-0.15, -0.1) is 11.3 Å². The molecule has 2 heteroatoms. The zero-order chi connectivity index (χ0) is 9.68. The van der Waals surface area contributed by atoms with Gasteiger partial charge in [-0.05, 0) is 30.4 Å². The van der Waals surface area contributed by atoms with Crippen LogP contribution < -0.4 is 0 Å². The SMILES string of the molecule is CCCCCC(O)c1sccc1C. The van der Waals surface area contributed by atoms with Gasteiger partial charge in [0.1, 0.15) is 0 Å². The summed E-state index contributed by atoms with van der Waals surface area (Å²) >= 11 is 1.67. The summed E-state index contributed by atoms with van der Waals surface area (Å²) in [6.07, 6.45) is 4.26. The maximum Gasteiger partial charge on any atom is 0.0884 e. The van der Waals surface area contributed by atoms with Crippen LogP contribution in [0.25, 0.3) is 0 Å². The van der Waals surface area contributed by atoms with E-state index >= 15 is 0 Å². The van der Waals surface area contributed by atoms with Crippen LogP contribution >= 0.6 is 11.3 Å². The molecule has 1 N–H and O–H groups in total. The standard InChI is InChI=1S/C11H18OS/c1-3-4-5-6-10(12)11-9(2)7-8-13-11/h7-8,10,12H,3-6H2,1-2H3. The van der Waals surface area contributed by atoms with Crippen molar-refractivity contribution in [2.24, 2.45) is 0 Å². The van der Waals surface area contributed by atoms with Crippen molar-refractivity contribution in [1.29, 1.82) is 0 Å². The first-order valence-electron chi connectivity index (χ1n) is 4.97. The number of hydrogen-bond acceptors (Lipinski definition) is 2. The molecule has 1 atom stereocenters. The number of rotatable bonds is 5. The summed E-state index contributed by atoms with van der Waals surface area (Å²) in [4.78, 5) is 1.15. The van der Waals surface area contributed by atoms with Crippen LogP contribution in [-0.2, 0) is 0 Å². The number of aliphatic hydroxyl groups excluding tert-OH is 1. The normalized spacial score (nSPS) is 13.2. The summed E-state index contributed by atoms with van der Waals surface area (Å²) in [6, 6.07) is 2.07. The second-order valence-corrected chi connectivity index (χ2v) is 4.43. The van der Waals surface area contributed by atoms with Gasteiger partial charge in [0.25, 0.3) is 0 Å². The summed E-state index contributed by atoms with van der Waals surface area (Å²) in [7, 11) is 0. The molecule has 0 aliphatic heterocycles. The zero-order valence-electron chi connectivity index (χ0n) is 8.42. The van der Waals surface area contributed by atoms with Gasteiger partial charge in [-0.2, -0.15) is 0 Å². The van der Waals surface area contributed by atoms with Crippen LogP contribution in [-0.4, -0.2) is 5.11 Å². The quantitative estimate of drug-likeness (QED) is 0.716. The van der Waals surface area contributed by atoms with Crippen LogP contribution in [0.4, 0.5) is 0 Å². The topological polar surface area (TPSA) is 20.2 Å². The zero-order valence-corrected chi connectivity index (χ0v) is 9.23. The molecule has 0 spiro atoms. The van der Waals surface area contributed by atoms with Crippen molar-refractivity contribution in [3.8, 4) is 0 Å². The summed E-state index contributed by atoms with van der Waals surface area (Å²) in [5.41, 5.74) is 1.23. The Morgan fingerprint density at radius 2 is 2.23 bits per heavy atom. The van der Waals surface area contributed by atoms with E-state index in [0.717, 1.165) is 17.7 Å². The van der Waals surface area contributed by atoms with E-state index in [1.165, 1.54) is 18.4 Å². The molecule has 1 unspecified atom stereocenters. The van der Waals surface area contributed by atoms with E-state index in [1.54, 1.807) is 11.3 Å². The van der Waals surface area contributed by atoms with E-state index in [1.807, 2.05) is 5.38 Å². The van der Waals surface area contributed by atoms with Crippen molar-refractivity contribution in [1.82, 2.24) is 0 Å². The number of thiophene rings is 1. The molecule has 0 amide bonds. The van der Waals surface area contributed by atoms with E-state index < -0.39 is 0 Å². The Morgan fingerprint density at radius 3 is 2.77 bits per heavy atom. The number of hydrogen-bond donors (Lipinski definition) is 1. The molecule has 0 saturated heterocycles. The molecule has 0 aliphatic rings. The fourth-order valence-corrected chi connectivity index (χ4v) is 2.39. The van der Waals surface area contributed by atoms with Crippen LogP contribution in [0.3, 0.4) is 0 Å². The van der Waals surface area contributed by atoms with Crippen molar-refractivity contribution in [3.05, 3.63) is 21.9 Å². The van der Waals surface area contributed by atoms with E-state index in [0.29, 0.717) is 0 Å². The molecular weight excluding hydrogens is 180 g/mol. The molecule has 0 radical (unpaired) electrons. The minimum atomic E-state index is -0.230. The summed E-state index contributed by atoms with van der Waals surface area (Å²) in [6.45, 7) is 4.25. The average molecular weight is 198 g/mol. The Bertz CT molecular complexity index is 242. The molecule has 1 heterocycles. The molecule has 1 aromatic heterocycles. The molecular formula is C11H18OS. The predicted octanol–water partition coefficient (Wildman–Crippen LogP) is 3.67. The largest absolute Gasteiger partial charge is 0.388 e. The molecule has 0 saturated carbocycles. The van der Waals surface area contributed by atoms with Crippen molar-refractivity contribution in [2.75, 3.05) is 0 Å². The third kappa shape index (κ3) is 3.12. The van der Waals surface area contributed by atoms with E-state index in [-0.39, 0.29) is 6.10 Å². The lowest BCUT2D eigenvalue weighted by atomic mass is 10.1. The maximum atomic E-state index is 9.83. The average Bonchev–Trinajstić information content (AvgIpc) is 2.52. The van der Waals surface area contributed by atoms with Crippen LogP contribution in [0, 0.1) is 6.92 Å². The highest BCUT2D eigenvalue weighted by Crippen LogP contribution is 2.27. The molecule has 1 aromatic rings. The molecule has 0 fully saturated rings. The maximum absolute atomic E-state index is 9.83. The van der Waals surface area contributed by atoms with E-state index in [4.69, 9.17) is 0 Å². The Kier molecular flexibility index (Phi) is 4.46. The number of aryl methyl sites for hydroxylation is 1. The van der Waals surface area contributed by atoms with Gasteiger partial charge in [0, 0.05) is 4.88 Å². The molecule has 1 rings (SSSR count). The minimum absolute atomic E-state index is 0.230. The smallest absolute Gasteiger partial charge is 0.0884 e. The van der Waals surface area contributed by atoms with Crippen LogP contribution in [0.1, 0.15) is 49.2 Å². The Balaban J connectivity index is 2.39. The van der Waals surface area contributed by atoms with Gasteiger partial charge < -0.3 is 5.11 Å². The molecule has 0 bridgehead atoms. The summed E-state index contributed by atoms with van der Waals surface area (Å²) < 4.78 is 0. The Hall–Kier alpha value is -0.340. The molecule has 1 nitrogen and oxygen atoms in total. The number of unbranched alkanes of at least 4 members (excludes halogenated alkanes) is 2. The third-order valence-electron chi connectivity index (χ3n) is 2.29. The van der Waals surface area contributed by atoms with Crippen LogP contribution in [0.15, 0.2) is 11.4 Å². The second-order valence-electron chi connectivity index (χ2n) is 3.48. The van der Waals surface area contributed by atoms with Crippen molar-refractivity contribution in [2.45, 2.75) is 45.6 Å². The molecule has 0 aromatic carbocycles. The summed E-state index contributed by atoms with van der Waals surface area (Å²) in [5, 5.41) is 11.9. The van der Waals surface area contributed by atoms with Gasteiger partial charge in [-0.3, -0.25) is 0 Å². The third-order valence-corrected chi connectivity index (χ3v) is 3.41. The van der Waals surface area contributed by atoms with Gasteiger partial charge in [-0.25, -0.2) is 0 Å². The summed E-state index contributed by atoms with van der Waals surface area (Å²) in [5.74, 6) is 0. The highest BCUT2D eigenvalue weighted by molar-refractivity contribution is 7.10. The lowest BCUT2D eigenvalue weighted by molar-refractivity contribution is 0.166. The first kappa shape index (κ1) is 10.7. The van der Waals surface area contributed by atoms with Crippen molar-refractivity contribution >= 4 is 11.3 Å². The highest BCUT2D eigenvalue weighted by atomic mass is 32.1. The lowest BCUT2D eigenvalue weighted by Crippen LogP contribution is -1.96. The van der Waals surface area contributed by atoms with Gasteiger partial charge in [0.15, 0.2) is 0 Å². The first-order chi connectivity index (χ1) is 6.25. The van der Waals surface area contributed by atoms with Crippen LogP contribution in [0.2, 0.25) is 0 Å². The fourth-order valence-electron chi connectivity index (χ4n) is 1.44. The van der Waals surface area contributed by atoms with E-state index in [2.05, 4.69) is 19.9 Å². The molecule has 13 heavy (non-hydrogen) atoms. The monoisotopic (exact) mass is 198 g/mol. The van der Waals surface area contributed by atoms with Crippen molar-refractivity contribution in [3.63, 3.8) is 0 Å². The Labute approximate surface area is 84.4 Å². The molecule has 74 valence electrons. The van der Waals surface area contributed by atoms with Gasteiger partial charge in [0.2, 0.25) is 0 Å². The van der Waals surface area contributed by atoms with Crippen molar-refractivity contribution < 1.29 is 5.11 Å². The molecule has 0 aliphatic carbocycles.